The molecule has 0 aliphatic heterocycles. The van der Waals surface area contributed by atoms with Gasteiger partial charge in [0, 0.05) is 18.2 Å². The molecule has 1 aromatic carbocycles. The van der Waals surface area contributed by atoms with E-state index < -0.39 is 17.5 Å². The first kappa shape index (κ1) is 12.1. The quantitative estimate of drug-likeness (QED) is 0.830. The van der Waals surface area contributed by atoms with Gasteiger partial charge in [-0.2, -0.15) is 8.78 Å². The van der Waals surface area contributed by atoms with Gasteiger partial charge in [-0.05, 0) is 12.1 Å². The summed E-state index contributed by atoms with van der Waals surface area (Å²) < 4.78 is 26.0. The molecule has 0 aliphatic rings. The highest BCUT2D eigenvalue weighted by atomic mass is 19.3. The molecule has 0 fully saturated rings. The number of halogens is 2. The van der Waals surface area contributed by atoms with Crippen LogP contribution in [0.1, 0.15) is 12.5 Å². The normalized spacial score (nSPS) is 10.9. The summed E-state index contributed by atoms with van der Waals surface area (Å²) in [7, 11) is 0. The zero-order valence-corrected chi connectivity index (χ0v) is 8.33. The number of amides is 1. The second-order valence-electron chi connectivity index (χ2n) is 3.14. The maximum Gasteiger partial charge on any atom is 0.379 e. The van der Waals surface area contributed by atoms with Crippen molar-refractivity contribution in [3.8, 4) is 0 Å². The third-order valence-corrected chi connectivity index (χ3v) is 1.84. The van der Waals surface area contributed by atoms with E-state index in [1.807, 2.05) is 0 Å². The number of hydrogen-bond acceptors (Lipinski definition) is 2. The highest BCUT2D eigenvalue weighted by molar-refractivity contribution is 5.88. The minimum absolute atomic E-state index is 0.331. The van der Waals surface area contributed by atoms with Crippen molar-refractivity contribution in [2.45, 2.75) is 12.8 Å². The molecule has 0 aliphatic carbocycles. The fourth-order valence-electron chi connectivity index (χ4n) is 1.09. The molecule has 16 heavy (non-hydrogen) atoms. The standard InChI is InChI=1S/C10H9F2NO3/c1-6(14)13-8-4-2-7(3-5-8)10(11,12)9(15)16/h2-5H,1H3,(H,13,14)(H,15,16). The van der Waals surface area contributed by atoms with Gasteiger partial charge in [0.2, 0.25) is 5.91 Å². The smallest absolute Gasteiger partial charge is 0.379 e. The van der Waals surface area contributed by atoms with Gasteiger partial charge < -0.3 is 10.4 Å². The van der Waals surface area contributed by atoms with Crippen molar-refractivity contribution < 1.29 is 23.5 Å². The van der Waals surface area contributed by atoms with Crippen LogP contribution >= 0.6 is 0 Å². The Morgan fingerprint density at radius 3 is 2.12 bits per heavy atom. The van der Waals surface area contributed by atoms with Crippen LogP contribution in [0.4, 0.5) is 14.5 Å². The molecular weight excluding hydrogens is 220 g/mol. The Hall–Kier alpha value is -1.98. The first-order valence-corrected chi connectivity index (χ1v) is 4.33. The molecule has 1 rings (SSSR count). The predicted molar refractivity (Wildman–Crippen MR) is 52.3 cm³/mol. The topological polar surface area (TPSA) is 66.4 Å². The number of benzene rings is 1. The molecule has 6 heteroatoms. The monoisotopic (exact) mass is 229 g/mol. The van der Waals surface area contributed by atoms with E-state index in [0.717, 1.165) is 12.1 Å². The molecule has 0 unspecified atom stereocenters. The molecule has 0 aromatic heterocycles. The number of anilines is 1. The average molecular weight is 229 g/mol. The number of alkyl halides is 2. The highest BCUT2D eigenvalue weighted by Gasteiger charge is 2.40. The average Bonchev–Trinajstić information content (AvgIpc) is 2.17. The van der Waals surface area contributed by atoms with Crippen molar-refractivity contribution in [2.75, 3.05) is 5.32 Å². The van der Waals surface area contributed by atoms with E-state index in [4.69, 9.17) is 5.11 Å². The van der Waals surface area contributed by atoms with Crippen LogP contribution < -0.4 is 5.32 Å². The van der Waals surface area contributed by atoms with Gasteiger partial charge in [-0.25, -0.2) is 4.79 Å². The molecule has 0 spiro atoms. The molecule has 86 valence electrons. The summed E-state index contributed by atoms with van der Waals surface area (Å²) in [6.45, 7) is 1.28. The van der Waals surface area contributed by atoms with E-state index in [-0.39, 0.29) is 5.91 Å². The van der Waals surface area contributed by atoms with Gasteiger partial charge in [-0.1, -0.05) is 12.1 Å². The number of nitrogens with one attached hydrogen (secondary N) is 1. The Balaban J connectivity index is 2.95. The van der Waals surface area contributed by atoms with E-state index in [1.54, 1.807) is 0 Å². The van der Waals surface area contributed by atoms with Crippen LogP contribution in [-0.4, -0.2) is 17.0 Å². The van der Waals surface area contributed by atoms with E-state index in [2.05, 4.69) is 5.32 Å². The second kappa shape index (κ2) is 4.26. The fourth-order valence-corrected chi connectivity index (χ4v) is 1.09. The third-order valence-electron chi connectivity index (χ3n) is 1.84. The molecule has 0 bridgehead atoms. The third kappa shape index (κ3) is 2.53. The summed E-state index contributed by atoms with van der Waals surface area (Å²) in [5.74, 6) is -6.47. The van der Waals surface area contributed by atoms with Gasteiger partial charge in [0.05, 0.1) is 0 Å². The lowest BCUT2D eigenvalue weighted by Crippen LogP contribution is -2.25. The van der Waals surface area contributed by atoms with Gasteiger partial charge in [-0.3, -0.25) is 4.79 Å². The first-order valence-electron chi connectivity index (χ1n) is 4.33. The van der Waals surface area contributed by atoms with Crippen molar-refractivity contribution in [1.29, 1.82) is 0 Å². The molecule has 0 saturated carbocycles. The van der Waals surface area contributed by atoms with Crippen LogP contribution in [0.5, 0.6) is 0 Å². The molecule has 0 saturated heterocycles. The van der Waals surface area contributed by atoms with Gasteiger partial charge in [0.15, 0.2) is 0 Å². The molecule has 2 N–H and O–H groups in total. The van der Waals surface area contributed by atoms with Crippen molar-refractivity contribution in [3.05, 3.63) is 29.8 Å². The Morgan fingerprint density at radius 2 is 1.75 bits per heavy atom. The SMILES string of the molecule is CC(=O)Nc1ccc(C(F)(F)C(=O)O)cc1. The van der Waals surface area contributed by atoms with Crippen molar-refractivity contribution in [2.24, 2.45) is 0 Å². The highest BCUT2D eigenvalue weighted by Crippen LogP contribution is 2.28. The first-order chi connectivity index (χ1) is 7.34. The molecule has 0 heterocycles. The summed E-state index contributed by atoms with van der Waals surface area (Å²) in [5, 5.41) is 10.7. The number of aliphatic carboxylic acids is 1. The molecule has 0 radical (unpaired) electrons. The fraction of sp³-hybridized carbons (Fsp3) is 0.200. The maximum atomic E-state index is 13.0. The number of carboxylic acids is 1. The molecule has 4 nitrogen and oxygen atoms in total. The summed E-state index contributed by atoms with van der Waals surface area (Å²) >= 11 is 0. The lowest BCUT2D eigenvalue weighted by atomic mass is 10.1. The number of carboxylic acid groups (broad SMARTS) is 1. The summed E-state index contributed by atoms with van der Waals surface area (Å²) in [5.41, 5.74) is -0.299. The van der Waals surface area contributed by atoms with Crippen molar-refractivity contribution in [3.63, 3.8) is 0 Å². The molecule has 1 aromatic rings. The van der Waals surface area contributed by atoms with E-state index in [9.17, 15) is 18.4 Å². The van der Waals surface area contributed by atoms with Crippen LogP contribution in [-0.2, 0) is 15.5 Å². The number of rotatable bonds is 3. The largest absolute Gasteiger partial charge is 0.477 e. The Labute approximate surface area is 89.9 Å². The van der Waals surface area contributed by atoms with E-state index >= 15 is 0 Å². The summed E-state index contributed by atoms with van der Waals surface area (Å²) in [6.07, 6.45) is 0. The maximum absolute atomic E-state index is 13.0. The molecule has 0 atom stereocenters. The van der Waals surface area contributed by atoms with Crippen LogP contribution in [0, 0.1) is 0 Å². The van der Waals surface area contributed by atoms with Gasteiger partial charge in [0.1, 0.15) is 0 Å². The number of hydrogen-bond donors (Lipinski definition) is 2. The van der Waals surface area contributed by atoms with Gasteiger partial charge in [-0.15, -0.1) is 0 Å². The van der Waals surface area contributed by atoms with Gasteiger partial charge in [0.25, 0.3) is 0 Å². The van der Waals surface area contributed by atoms with Crippen LogP contribution in [0.3, 0.4) is 0 Å². The van der Waals surface area contributed by atoms with E-state index in [0.29, 0.717) is 5.69 Å². The lowest BCUT2D eigenvalue weighted by molar-refractivity contribution is -0.166. The number of carbonyl (C=O) groups is 2. The minimum Gasteiger partial charge on any atom is -0.477 e. The zero-order chi connectivity index (χ0) is 12.3. The lowest BCUT2D eigenvalue weighted by Gasteiger charge is -2.11. The van der Waals surface area contributed by atoms with Gasteiger partial charge >= 0.3 is 11.9 Å². The van der Waals surface area contributed by atoms with Crippen LogP contribution in [0.2, 0.25) is 0 Å². The minimum atomic E-state index is -3.92. The predicted octanol–water partition coefficient (Wildman–Crippen LogP) is 1.82. The van der Waals surface area contributed by atoms with Crippen molar-refractivity contribution >= 4 is 17.6 Å². The zero-order valence-electron chi connectivity index (χ0n) is 8.33. The number of carbonyl (C=O) groups excluding carboxylic acids is 1. The Morgan fingerprint density at radius 1 is 1.25 bits per heavy atom. The summed E-state index contributed by atoms with van der Waals surface area (Å²) in [6, 6.07) is 4.35. The van der Waals surface area contributed by atoms with Crippen molar-refractivity contribution in [1.82, 2.24) is 0 Å². The van der Waals surface area contributed by atoms with Crippen LogP contribution in [0.15, 0.2) is 24.3 Å². The Bertz CT molecular complexity index is 415. The second-order valence-corrected chi connectivity index (χ2v) is 3.14. The molecular formula is C10H9F2NO3. The van der Waals surface area contributed by atoms with Crippen LogP contribution in [0.25, 0.3) is 0 Å². The van der Waals surface area contributed by atoms with E-state index in [1.165, 1.54) is 19.1 Å². The Kier molecular flexibility index (Phi) is 3.22. The summed E-state index contributed by atoms with van der Waals surface area (Å²) in [4.78, 5) is 20.9. The molecule has 1 amide bonds.